The normalized spacial score (nSPS) is 15.2. The Morgan fingerprint density at radius 2 is 1.95 bits per heavy atom. The average molecular weight is 274 g/mol. The Bertz CT molecular complexity index is 530. The molecular formula is C15H18N2O3. The molecule has 0 spiro atoms. The molecule has 0 N–H and O–H groups in total. The summed E-state index contributed by atoms with van der Waals surface area (Å²) in [6.07, 6.45) is 5.74. The standard InChI is InChI=1S/C15H18N2O3/c1-19-15(18)14(17-16)12-9-5-6-10-13(12)20-11-7-3-2-4-8-11/h5-6,9-11H,2-4,7-8H2,1H3. The van der Waals surface area contributed by atoms with Crippen molar-refractivity contribution in [2.75, 3.05) is 7.11 Å². The zero-order valence-electron chi connectivity index (χ0n) is 11.5. The number of benzene rings is 1. The smallest absolute Gasteiger partial charge is 0.422 e. The van der Waals surface area contributed by atoms with Crippen LogP contribution in [-0.2, 0) is 9.53 Å². The fraction of sp³-hybridized carbons (Fsp3) is 0.467. The minimum absolute atomic E-state index is 0.140. The van der Waals surface area contributed by atoms with Gasteiger partial charge in [-0.05, 0) is 37.8 Å². The molecule has 1 aromatic rings. The molecule has 1 fully saturated rings. The Kier molecular flexibility index (Phi) is 4.91. The predicted octanol–water partition coefficient (Wildman–Crippen LogP) is 2.59. The summed E-state index contributed by atoms with van der Waals surface area (Å²) in [4.78, 5) is 14.7. The molecule has 1 aromatic carbocycles. The second-order valence-corrected chi connectivity index (χ2v) is 4.81. The lowest BCUT2D eigenvalue weighted by molar-refractivity contribution is -0.137. The van der Waals surface area contributed by atoms with E-state index in [1.807, 2.05) is 6.07 Å². The van der Waals surface area contributed by atoms with Gasteiger partial charge in [0, 0.05) is 0 Å². The number of hydrogen-bond acceptors (Lipinski definition) is 3. The van der Waals surface area contributed by atoms with Crippen LogP contribution in [0.25, 0.3) is 5.53 Å². The number of para-hydroxylation sites is 1. The highest BCUT2D eigenvalue weighted by Crippen LogP contribution is 2.26. The monoisotopic (exact) mass is 274 g/mol. The maximum atomic E-state index is 11.6. The lowest BCUT2D eigenvalue weighted by atomic mass is 9.97. The molecule has 0 aliphatic heterocycles. The summed E-state index contributed by atoms with van der Waals surface area (Å²) in [6, 6.07) is 7.05. The first-order chi connectivity index (χ1) is 9.76. The highest BCUT2D eigenvalue weighted by Gasteiger charge is 2.28. The minimum Gasteiger partial charge on any atom is -0.489 e. The van der Waals surface area contributed by atoms with E-state index >= 15 is 0 Å². The molecule has 106 valence electrons. The molecule has 5 heteroatoms. The molecule has 0 atom stereocenters. The van der Waals surface area contributed by atoms with E-state index in [0.717, 1.165) is 25.7 Å². The van der Waals surface area contributed by atoms with Gasteiger partial charge in [0.15, 0.2) is 0 Å². The van der Waals surface area contributed by atoms with Crippen molar-refractivity contribution in [1.29, 1.82) is 0 Å². The van der Waals surface area contributed by atoms with Crippen molar-refractivity contribution in [1.82, 2.24) is 0 Å². The summed E-state index contributed by atoms with van der Waals surface area (Å²) < 4.78 is 10.6. The summed E-state index contributed by atoms with van der Waals surface area (Å²) in [7, 11) is 1.25. The molecule has 1 aliphatic carbocycles. The molecule has 20 heavy (non-hydrogen) atoms. The molecule has 0 bridgehead atoms. The lowest BCUT2D eigenvalue weighted by Crippen LogP contribution is -2.23. The second kappa shape index (κ2) is 6.87. The highest BCUT2D eigenvalue weighted by atomic mass is 16.5. The van der Waals surface area contributed by atoms with E-state index in [9.17, 15) is 4.79 Å². The number of carbonyl (C=O) groups excluding carboxylic acids is 1. The Hall–Kier alpha value is -2.13. The Morgan fingerprint density at radius 3 is 2.60 bits per heavy atom. The van der Waals surface area contributed by atoms with Crippen LogP contribution >= 0.6 is 0 Å². The first-order valence-corrected chi connectivity index (χ1v) is 6.82. The van der Waals surface area contributed by atoms with Gasteiger partial charge in [-0.1, -0.05) is 18.6 Å². The van der Waals surface area contributed by atoms with Gasteiger partial charge in [0.05, 0.1) is 13.2 Å². The van der Waals surface area contributed by atoms with Gasteiger partial charge in [-0.25, -0.2) is 4.79 Å². The molecule has 0 heterocycles. The van der Waals surface area contributed by atoms with Crippen molar-refractivity contribution >= 4 is 11.7 Å². The fourth-order valence-corrected chi connectivity index (χ4v) is 2.43. The van der Waals surface area contributed by atoms with Gasteiger partial charge in [0.25, 0.3) is 0 Å². The first kappa shape index (κ1) is 14.3. The summed E-state index contributed by atoms with van der Waals surface area (Å²) in [5.74, 6) is -0.134. The summed E-state index contributed by atoms with van der Waals surface area (Å²) in [6.45, 7) is 0. The van der Waals surface area contributed by atoms with E-state index in [1.165, 1.54) is 13.5 Å². The van der Waals surface area contributed by atoms with E-state index < -0.39 is 5.97 Å². The van der Waals surface area contributed by atoms with Crippen molar-refractivity contribution in [3.8, 4) is 5.75 Å². The number of ether oxygens (including phenoxy) is 2. The summed E-state index contributed by atoms with van der Waals surface area (Å²) in [5, 5.41) is 0. The number of nitrogens with zero attached hydrogens (tertiary/aromatic N) is 2. The van der Waals surface area contributed by atoms with Crippen molar-refractivity contribution in [3.63, 3.8) is 0 Å². The van der Waals surface area contributed by atoms with Crippen LogP contribution in [0.4, 0.5) is 0 Å². The molecule has 1 saturated carbocycles. The van der Waals surface area contributed by atoms with E-state index in [0.29, 0.717) is 11.3 Å². The van der Waals surface area contributed by atoms with Gasteiger partial charge in [-0.3, -0.25) is 0 Å². The van der Waals surface area contributed by atoms with Crippen molar-refractivity contribution in [3.05, 3.63) is 35.4 Å². The van der Waals surface area contributed by atoms with Crippen LogP contribution in [0.5, 0.6) is 5.75 Å². The topological polar surface area (TPSA) is 71.9 Å². The molecule has 0 aromatic heterocycles. The maximum Gasteiger partial charge on any atom is 0.422 e. The first-order valence-electron chi connectivity index (χ1n) is 6.82. The van der Waals surface area contributed by atoms with Crippen LogP contribution in [0.3, 0.4) is 0 Å². The number of carbonyl (C=O) groups is 1. The zero-order chi connectivity index (χ0) is 14.4. The predicted molar refractivity (Wildman–Crippen MR) is 73.7 cm³/mol. The van der Waals surface area contributed by atoms with Gasteiger partial charge in [0.2, 0.25) is 0 Å². The van der Waals surface area contributed by atoms with Gasteiger partial charge in [0.1, 0.15) is 11.3 Å². The van der Waals surface area contributed by atoms with Crippen molar-refractivity contribution < 1.29 is 19.1 Å². The van der Waals surface area contributed by atoms with Gasteiger partial charge in [-0.2, -0.15) is 4.79 Å². The van der Waals surface area contributed by atoms with Crippen molar-refractivity contribution in [2.24, 2.45) is 0 Å². The molecule has 2 rings (SSSR count). The Balaban J connectivity index is 2.25. The largest absolute Gasteiger partial charge is 0.489 e. The quantitative estimate of drug-likeness (QED) is 0.366. The zero-order valence-corrected chi connectivity index (χ0v) is 11.5. The minimum atomic E-state index is -0.688. The van der Waals surface area contributed by atoms with E-state index in [4.69, 9.17) is 10.3 Å². The van der Waals surface area contributed by atoms with Crippen LogP contribution in [0, 0.1) is 0 Å². The van der Waals surface area contributed by atoms with Crippen LogP contribution in [0.2, 0.25) is 0 Å². The molecular weight excluding hydrogens is 256 g/mol. The second-order valence-electron chi connectivity index (χ2n) is 4.81. The molecule has 5 nitrogen and oxygen atoms in total. The Morgan fingerprint density at radius 1 is 1.25 bits per heavy atom. The number of hydrogen-bond donors (Lipinski definition) is 0. The molecule has 0 radical (unpaired) electrons. The molecule has 0 unspecified atom stereocenters. The third-order valence-corrected chi connectivity index (χ3v) is 3.47. The van der Waals surface area contributed by atoms with Crippen LogP contribution < -0.4 is 4.74 Å². The lowest BCUT2D eigenvalue weighted by Gasteiger charge is -2.23. The van der Waals surface area contributed by atoms with Crippen molar-refractivity contribution in [2.45, 2.75) is 38.2 Å². The summed E-state index contributed by atoms with van der Waals surface area (Å²) >= 11 is 0. The number of esters is 1. The van der Waals surface area contributed by atoms with Gasteiger partial charge in [-0.15, -0.1) is 0 Å². The SMILES string of the molecule is COC(=O)C(=[N+]=[N-])c1ccccc1OC1CCCCC1. The van der Waals surface area contributed by atoms with Crippen LogP contribution in [0.1, 0.15) is 37.7 Å². The molecule has 0 saturated heterocycles. The maximum absolute atomic E-state index is 11.6. The van der Waals surface area contributed by atoms with Crippen LogP contribution in [0.15, 0.2) is 24.3 Å². The third-order valence-electron chi connectivity index (χ3n) is 3.47. The number of rotatable bonds is 4. The van der Waals surface area contributed by atoms with Gasteiger partial charge < -0.3 is 15.0 Å². The third kappa shape index (κ3) is 3.25. The van der Waals surface area contributed by atoms with E-state index in [-0.39, 0.29) is 11.8 Å². The van der Waals surface area contributed by atoms with Crippen LogP contribution in [-0.4, -0.2) is 29.7 Å². The van der Waals surface area contributed by atoms with E-state index in [1.54, 1.807) is 18.2 Å². The van der Waals surface area contributed by atoms with E-state index in [2.05, 4.69) is 9.53 Å². The Labute approximate surface area is 118 Å². The summed E-state index contributed by atoms with van der Waals surface area (Å²) in [5.41, 5.74) is 9.35. The highest BCUT2D eigenvalue weighted by molar-refractivity contribution is 6.41. The molecule has 1 aliphatic rings. The fourth-order valence-electron chi connectivity index (χ4n) is 2.43. The number of methoxy groups -OCH3 is 1. The molecule has 0 amide bonds. The van der Waals surface area contributed by atoms with Gasteiger partial charge >= 0.3 is 11.7 Å². The average Bonchev–Trinajstić information content (AvgIpc) is 2.50.